The summed E-state index contributed by atoms with van der Waals surface area (Å²) >= 11 is 0. The van der Waals surface area contributed by atoms with Gasteiger partial charge < -0.3 is 15.2 Å². The molecule has 0 bridgehead atoms. The van der Waals surface area contributed by atoms with Crippen LogP contribution in [0.25, 0.3) is 11.1 Å². The summed E-state index contributed by atoms with van der Waals surface area (Å²) in [5.74, 6) is 1.91. The molecule has 146 valence electrons. The third-order valence-corrected chi connectivity index (χ3v) is 5.69. The highest BCUT2D eigenvalue weighted by molar-refractivity contribution is 6.41. The van der Waals surface area contributed by atoms with Crippen molar-refractivity contribution in [3.8, 4) is 16.9 Å². The van der Waals surface area contributed by atoms with Crippen molar-refractivity contribution in [3.05, 3.63) is 54.1 Å². The Morgan fingerprint density at radius 1 is 1.11 bits per heavy atom. The average Bonchev–Trinajstić information content (AvgIpc) is 3.03. The smallest absolute Gasteiger partial charge is 0.178 e. The number of para-hydroxylation sites is 1. The molecule has 2 aromatic carbocycles. The zero-order chi connectivity index (χ0) is 19.6. The fourth-order valence-electron chi connectivity index (χ4n) is 4.15. The van der Waals surface area contributed by atoms with E-state index < -0.39 is 5.66 Å². The van der Waals surface area contributed by atoms with Gasteiger partial charge in [-0.25, -0.2) is 4.99 Å². The van der Waals surface area contributed by atoms with Gasteiger partial charge in [0.2, 0.25) is 0 Å². The second-order valence-electron chi connectivity index (χ2n) is 7.55. The summed E-state index contributed by atoms with van der Waals surface area (Å²) in [6.07, 6.45) is 2.93. The summed E-state index contributed by atoms with van der Waals surface area (Å²) in [6.45, 7) is 3.56. The van der Waals surface area contributed by atoms with Gasteiger partial charge in [0.25, 0.3) is 0 Å². The third kappa shape index (κ3) is 3.54. The molecule has 2 aliphatic heterocycles. The van der Waals surface area contributed by atoms with E-state index in [-0.39, 0.29) is 0 Å². The summed E-state index contributed by atoms with van der Waals surface area (Å²) in [6, 6.07) is 16.5. The van der Waals surface area contributed by atoms with Crippen LogP contribution in [0, 0.1) is 5.92 Å². The van der Waals surface area contributed by atoms with Crippen LogP contribution in [0.5, 0.6) is 5.75 Å². The van der Waals surface area contributed by atoms with Crippen molar-refractivity contribution in [2.45, 2.75) is 31.8 Å². The Balaban J connectivity index is 1.75. The third-order valence-electron chi connectivity index (χ3n) is 5.69. The van der Waals surface area contributed by atoms with E-state index in [2.05, 4.69) is 30.3 Å². The van der Waals surface area contributed by atoms with Gasteiger partial charge in [-0.1, -0.05) is 36.4 Å². The number of amidine groups is 1. The molecule has 28 heavy (non-hydrogen) atoms. The number of hydrogen-bond acceptors (Lipinski definition) is 5. The van der Waals surface area contributed by atoms with Crippen LogP contribution in [0.15, 0.2) is 58.5 Å². The Labute approximate surface area is 166 Å². The molecule has 0 amide bonds. The summed E-state index contributed by atoms with van der Waals surface area (Å²) in [7, 11) is 1.70. The second kappa shape index (κ2) is 7.76. The highest BCUT2D eigenvalue weighted by atomic mass is 16.5. The molecule has 0 radical (unpaired) electrons. The number of ether oxygens (including phenoxy) is 2. The van der Waals surface area contributed by atoms with Crippen LogP contribution in [0.2, 0.25) is 0 Å². The van der Waals surface area contributed by atoms with Crippen molar-refractivity contribution in [1.82, 2.24) is 0 Å². The van der Waals surface area contributed by atoms with Gasteiger partial charge in [0, 0.05) is 30.8 Å². The van der Waals surface area contributed by atoms with Crippen LogP contribution < -0.4 is 10.5 Å². The predicted molar refractivity (Wildman–Crippen MR) is 113 cm³/mol. The zero-order valence-electron chi connectivity index (χ0n) is 16.5. The molecular formula is C23H27N3O2. The van der Waals surface area contributed by atoms with E-state index in [1.165, 1.54) is 0 Å². The molecule has 2 heterocycles. The minimum atomic E-state index is -0.645. The van der Waals surface area contributed by atoms with Gasteiger partial charge in [-0.05, 0) is 43.4 Å². The molecule has 1 unspecified atom stereocenters. The van der Waals surface area contributed by atoms with Crippen molar-refractivity contribution in [1.29, 1.82) is 0 Å². The van der Waals surface area contributed by atoms with Crippen LogP contribution in [-0.2, 0) is 10.4 Å². The fourth-order valence-corrected chi connectivity index (χ4v) is 4.15. The monoisotopic (exact) mass is 377 g/mol. The Bertz CT molecular complexity index is 896. The Morgan fingerprint density at radius 3 is 2.61 bits per heavy atom. The molecule has 2 aliphatic rings. The first-order chi connectivity index (χ1) is 13.6. The number of aliphatic imine (C=N–C) groups is 2. The van der Waals surface area contributed by atoms with E-state index in [0.717, 1.165) is 60.6 Å². The fraction of sp³-hybridized carbons (Fsp3) is 0.391. The lowest BCUT2D eigenvalue weighted by Gasteiger charge is -2.31. The standard InChI is InChI=1S/C23H27N3O2/c1-16-22(24)26-23(25-16,15-17-10-12-28-13-11-17)19-7-5-6-18(14-19)20-8-3-4-9-21(20)27-2/h3-9,14,17H,10-13,15H2,1-2H3,(H2,24,26). The van der Waals surface area contributed by atoms with Crippen molar-refractivity contribution >= 4 is 11.5 Å². The molecule has 2 N–H and O–H groups in total. The minimum absolute atomic E-state index is 0.523. The van der Waals surface area contributed by atoms with Crippen LogP contribution in [0.3, 0.4) is 0 Å². The lowest BCUT2D eigenvalue weighted by Crippen LogP contribution is -2.27. The van der Waals surface area contributed by atoms with E-state index in [1.54, 1.807) is 7.11 Å². The SMILES string of the molecule is COc1ccccc1-c1cccc(C2(CC3CCOCC3)N=C(C)C(N)=N2)c1. The number of nitrogens with zero attached hydrogens (tertiary/aromatic N) is 2. The predicted octanol–water partition coefficient (Wildman–Crippen LogP) is 4.16. The van der Waals surface area contributed by atoms with Crippen LogP contribution >= 0.6 is 0 Å². The molecular weight excluding hydrogens is 350 g/mol. The average molecular weight is 377 g/mol. The van der Waals surface area contributed by atoms with Crippen LogP contribution in [0.1, 0.15) is 31.7 Å². The van der Waals surface area contributed by atoms with Crippen molar-refractivity contribution in [3.63, 3.8) is 0 Å². The summed E-state index contributed by atoms with van der Waals surface area (Å²) in [4.78, 5) is 9.82. The molecule has 2 aromatic rings. The van der Waals surface area contributed by atoms with Gasteiger partial charge in [0.05, 0.1) is 12.8 Å². The quantitative estimate of drug-likeness (QED) is 0.850. The highest BCUT2D eigenvalue weighted by Gasteiger charge is 2.39. The van der Waals surface area contributed by atoms with Gasteiger partial charge in [0.1, 0.15) is 11.6 Å². The molecule has 0 spiro atoms. The number of rotatable bonds is 5. The van der Waals surface area contributed by atoms with Crippen molar-refractivity contribution < 1.29 is 9.47 Å². The molecule has 1 fully saturated rings. The first-order valence-corrected chi connectivity index (χ1v) is 9.85. The Morgan fingerprint density at radius 2 is 1.89 bits per heavy atom. The molecule has 5 heteroatoms. The zero-order valence-corrected chi connectivity index (χ0v) is 16.5. The lowest BCUT2D eigenvalue weighted by molar-refractivity contribution is 0.0567. The number of methoxy groups -OCH3 is 1. The van der Waals surface area contributed by atoms with Crippen molar-refractivity contribution in [2.24, 2.45) is 21.6 Å². The van der Waals surface area contributed by atoms with Gasteiger partial charge in [-0.3, -0.25) is 4.99 Å². The van der Waals surface area contributed by atoms with Crippen LogP contribution in [-0.4, -0.2) is 31.9 Å². The summed E-state index contributed by atoms with van der Waals surface area (Å²) in [5.41, 5.74) is 9.56. The lowest BCUT2D eigenvalue weighted by atomic mass is 9.84. The summed E-state index contributed by atoms with van der Waals surface area (Å²) in [5, 5.41) is 0. The van der Waals surface area contributed by atoms with Gasteiger partial charge in [-0.15, -0.1) is 0 Å². The highest BCUT2D eigenvalue weighted by Crippen LogP contribution is 2.42. The maximum absolute atomic E-state index is 6.17. The maximum atomic E-state index is 6.17. The molecule has 0 saturated carbocycles. The molecule has 1 saturated heterocycles. The van der Waals surface area contributed by atoms with Crippen molar-refractivity contribution in [2.75, 3.05) is 20.3 Å². The molecule has 5 nitrogen and oxygen atoms in total. The van der Waals surface area contributed by atoms with Gasteiger partial charge in [-0.2, -0.15) is 0 Å². The topological polar surface area (TPSA) is 69.2 Å². The van der Waals surface area contributed by atoms with E-state index in [1.807, 2.05) is 25.1 Å². The molecule has 0 aromatic heterocycles. The Hall–Kier alpha value is -2.66. The number of nitrogens with two attached hydrogens (primary N) is 1. The number of benzene rings is 2. The van der Waals surface area contributed by atoms with E-state index in [0.29, 0.717) is 11.8 Å². The van der Waals surface area contributed by atoms with Gasteiger partial charge >= 0.3 is 0 Å². The Kier molecular flexibility index (Phi) is 5.18. The first kappa shape index (κ1) is 18.7. The summed E-state index contributed by atoms with van der Waals surface area (Å²) < 4.78 is 11.1. The van der Waals surface area contributed by atoms with Gasteiger partial charge in [0.15, 0.2) is 5.66 Å². The van der Waals surface area contributed by atoms with Crippen LogP contribution in [0.4, 0.5) is 0 Å². The normalized spacial score (nSPS) is 22.6. The molecule has 1 atom stereocenters. The second-order valence-corrected chi connectivity index (χ2v) is 7.55. The minimum Gasteiger partial charge on any atom is -0.496 e. The first-order valence-electron chi connectivity index (χ1n) is 9.85. The van der Waals surface area contributed by atoms with E-state index in [4.69, 9.17) is 25.2 Å². The number of hydrogen-bond donors (Lipinski definition) is 1. The molecule has 4 rings (SSSR count). The largest absolute Gasteiger partial charge is 0.496 e. The molecule has 0 aliphatic carbocycles. The van der Waals surface area contributed by atoms with E-state index in [9.17, 15) is 0 Å². The van der Waals surface area contributed by atoms with E-state index >= 15 is 0 Å². The maximum Gasteiger partial charge on any atom is 0.178 e.